The van der Waals surface area contributed by atoms with Crippen LogP contribution < -0.4 is 0 Å². The molecule has 0 fully saturated rings. The van der Waals surface area contributed by atoms with Gasteiger partial charge in [0, 0.05) is 0 Å². The molecule has 0 spiro atoms. The molecule has 0 saturated carbocycles. The predicted octanol–water partition coefficient (Wildman–Crippen LogP) is 2.44. The Morgan fingerprint density at radius 1 is 1.21 bits per heavy atom. The molecule has 0 aliphatic carbocycles. The van der Waals surface area contributed by atoms with E-state index in [9.17, 15) is 22.7 Å². The van der Waals surface area contributed by atoms with E-state index < -0.39 is 23.7 Å². The van der Waals surface area contributed by atoms with Crippen molar-refractivity contribution in [2.45, 2.75) is 19.0 Å². The highest BCUT2D eigenvalue weighted by Crippen LogP contribution is 2.28. The zero-order valence-corrected chi connectivity index (χ0v) is 7.27. The number of benzene rings is 1. The van der Waals surface area contributed by atoms with E-state index in [0.29, 0.717) is 12.1 Å². The van der Waals surface area contributed by atoms with Gasteiger partial charge < -0.3 is 5.11 Å². The highest BCUT2D eigenvalue weighted by Gasteiger charge is 2.34. The van der Waals surface area contributed by atoms with Crippen LogP contribution >= 0.6 is 0 Å². The van der Waals surface area contributed by atoms with Crippen molar-refractivity contribution >= 4 is 0 Å². The molecule has 0 heterocycles. The molecule has 1 aromatic carbocycles. The largest absolute Gasteiger partial charge is 0.379 e. The number of hydrogen-bond donors (Lipinski definition) is 1. The van der Waals surface area contributed by atoms with Crippen molar-refractivity contribution in [2.75, 3.05) is 0 Å². The molecule has 14 heavy (non-hydrogen) atoms. The maximum absolute atomic E-state index is 12.6. The quantitative estimate of drug-likeness (QED) is 0.740. The Morgan fingerprint density at radius 3 is 2.21 bits per heavy atom. The van der Waals surface area contributed by atoms with Gasteiger partial charge in [0.2, 0.25) is 0 Å². The normalized spacial score (nSPS) is 15.6. The highest BCUT2D eigenvalue weighted by molar-refractivity contribution is 5.24. The molecule has 0 aliphatic heterocycles. The summed E-state index contributed by atoms with van der Waals surface area (Å²) in [6.07, 6.45) is -3.06. The van der Waals surface area contributed by atoms with Gasteiger partial charge in [0.25, 0.3) is 6.43 Å². The van der Waals surface area contributed by atoms with Gasteiger partial charge in [0.1, 0.15) is 5.60 Å². The van der Waals surface area contributed by atoms with Crippen LogP contribution in [-0.4, -0.2) is 11.5 Å². The number of alkyl halides is 2. The lowest BCUT2D eigenvalue weighted by atomic mass is 9.96. The average molecular weight is 208 g/mol. The molecule has 0 saturated heterocycles. The Kier molecular flexibility index (Phi) is 2.80. The van der Waals surface area contributed by atoms with E-state index in [1.807, 2.05) is 0 Å². The van der Waals surface area contributed by atoms with Gasteiger partial charge in [-0.2, -0.15) is 0 Å². The maximum Gasteiger partial charge on any atom is 0.270 e. The van der Waals surface area contributed by atoms with Crippen molar-refractivity contribution < 1.29 is 22.7 Å². The van der Waals surface area contributed by atoms with Crippen LogP contribution in [0.3, 0.4) is 0 Å². The Labute approximate surface area is 78.0 Å². The lowest BCUT2D eigenvalue weighted by Crippen LogP contribution is -2.30. The lowest BCUT2D eigenvalue weighted by Gasteiger charge is -2.22. The van der Waals surface area contributed by atoms with E-state index in [1.165, 1.54) is 0 Å². The van der Waals surface area contributed by atoms with E-state index in [0.717, 1.165) is 13.0 Å². The van der Waals surface area contributed by atoms with Crippen LogP contribution in [0.5, 0.6) is 0 Å². The van der Waals surface area contributed by atoms with Crippen LogP contribution in [0.15, 0.2) is 18.2 Å². The number of hydrogen-bond acceptors (Lipinski definition) is 1. The van der Waals surface area contributed by atoms with Crippen molar-refractivity contribution in [2.24, 2.45) is 0 Å². The summed E-state index contributed by atoms with van der Waals surface area (Å²) in [5.74, 6) is -2.40. The van der Waals surface area contributed by atoms with Crippen molar-refractivity contribution in [3.8, 4) is 0 Å². The van der Waals surface area contributed by atoms with Gasteiger partial charge in [-0.05, 0) is 24.6 Å². The molecule has 1 rings (SSSR count). The second kappa shape index (κ2) is 3.57. The molecule has 78 valence electrons. The van der Waals surface area contributed by atoms with E-state index in [4.69, 9.17) is 0 Å². The van der Waals surface area contributed by atoms with Gasteiger partial charge in [-0.15, -0.1) is 0 Å². The topological polar surface area (TPSA) is 20.2 Å². The van der Waals surface area contributed by atoms with Gasteiger partial charge in [-0.3, -0.25) is 0 Å². The zero-order chi connectivity index (χ0) is 10.9. The van der Waals surface area contributed by atoms with E-state index in [2.05, 4.69) is 0 Å². The Bertz CT molecular complexity index is 336. The van der Waals surface area contributed by atoms with Gasteiger partial charge in [-0.1, -0.05) is 6.07 Å². The Morgan fingerprint density at radius 2 is 1.79 bits per heavy atom. The molecule has 1 nitrogen and oxygen atoms in total. The minimum Gasteiger partial charge on any atom is -0.379 e. The number of aliphatic hydroxyl groups is 1. The molecule has 0 aliphatic rings. The van der Waals surface area contributed by atoms with Gasteiger partial charge in [0.15, 0.2) is 11.6 Å². The third kappa shape index (κ3) is 1.87. The van der Waals surface area contributed by atoms with Crippen LogP contribution in [0.2, 0.25) is 0 Å². The van der Waals surface area contributed by atoms with Crippen molar-refractivity contribution in [1.82, 2.24) is 0 Å². The molecule has 0 radical (unpaired) electrons. The van der Waals surface area contributed by atoms with Crippen molar-refractivity contribution in [3.63, 3.8) is 0 Å². The monoisotopic (exact) mass is 208 g/mol. The second-order valence-corrected chi connectivity index (χ2v) is 3.08. The first kappa shape index (κ1) is 11.0. The van der Waals surface area contributed by atoms with Crippen LogP contribution in [0.1, 0.15) is 12.5 Å². The van der Waals surface area contributed by atoms with Crippen molar-refractivity contribution in [3.05, 3.63) is 35.4 Å². The van der Waals surface area contributed by atoms with Crippen LogP contribution in [-0.2, 0) is 5.60 Å². The SMILES string of the molecule is CC(O)(c1ccc(F)c(F)c1)C(F)F. The minimum absolute atomic E-state index is 0.355. The van der Waals surface area contributed by atoms with Gasteiger partial charge in [-0.25, -0.2) is 17.6 Å². The van der Waals surface area contributed by atoms with Crippen LogP contribution in [0.25, 0.3) is 0 Å². The van der Waals surface area contributed by atoms with E-state index in [1.54, 1.807) is 0 Å². The summed E-state index contributed by atoms with van der Waals surface area (Å²) >= 11 is 0. The molecule has 1 unspecified atom stereocenters. The standard InChI is InChI=1S/C9H8F4O/c1-9(14,8(12)13)5-2-3-6(10)7(11)4-5/h2-4,8,14H,1H3. The average Bonchev–Trinajstić information content (AvgIpc) is 2.09. The molecule has 0 bridgehead atoms. The third-order valence-electron chi connectivity index (χ3n) is 1.93. The molecular formula is C9H8F4O. The molecular weight excluding hydrogens is 200 g/mol. The van der Waals surface area contributed by atoms with E-state index in [-0.39, 0.29) is 5.56 Å². The zero-order valence-electron chi connectivity index (χ0n) is 7.27. The van der Waals surface area contributed by atoms with Gasteiger partial charge >= 0.3 is 0 Å². The second-order valence-electron chi connectivity index (χ2n) is 3.08. The molecule has 0 amide bonds. The Hall–Kier alpha value is -1.10. The maximum atomic E-state index is 12.6. The van der Waals surface area contributed by atoms with Crippen LogP contribution in [0, 0.1) is 11.6 Å². The third-order valence-corrected chi connectivity index (χ3v) is 1.93. The summed E-state index contributed by atoms with van der Waals surface area (Å²) in [7, 11) is 0. The first-order valence-electron chi connectivity index (χ1n) is 3.81. The summed E-state index contributed by atoms with van der Waals surface area (Å²) in [4.78, 5) is 0. The summed E-state index contributed by atoms with van der Waals surface area (Å²) in [5, 5.41) is 9.24. The number of halogens is 4. The molecule has 1 aromatic rings. The fourth-order valence-corrected chi connectivity index (χ4v) is 0.937. The summed E-state index contributed by atoms with van der Waals surface area (Å²) in [6.45, 7) is 0.838. The highest BCUT2D eigenvalue weighted by atomic mass is 19.3. The Balaban J connectivity index is 3.14. The fraction of sp³-hybridized carbons (Fsp3) is 0.333. The summed E-state index contributed by atoms with van der Waals surface area (Å²) in [5.41, 5.74) is -2.82. The molecule has 5 heteroatoms. The lowest BCUT2D eigenvalue weighted by molar-refractivity contribution is -0.0885. The smallest absolute Gasteiger partial charge is 0.270 e. The molecule has 1 atom stereocenters. The predicted molar refractivity (Wildman–Crippen MR) is 41.9 cm³/mol. The number of rotatable bonds is 2. The molecule has 1 N–H and O–H groups in total. The van der Waals surface area contributed by atoms with E-state index >= 15 is 0 Å². The minimum atomic E-state index is -3.06. The fourth-order valence-electron chi connectivity index (χ4n) is 0.937. The summed E-state index contributed by atoms with van der Waals surface area (Å²) < 4.78 is 49.6. The summed E-state index contributed by atoms with van der Waals surface area (Å²) in [6, 6.07) is 2.17. The van der Waals surface area contributed by atoms with Gasteiger partial charge in [0.05, 0.1) is 0 Å². The van der Waals surface area contributed by atoms with Crippen LogP contribution in [0.4, 0.5) is 17.6 Å². The van der Waals surface area contributed by atoms with Crippen molar-refractivity contribution in [1.29, 1.82) is 0 Å². The first-order valence-corrected chi connectivity index (χ1v) is 3.81. The molecule has 0 aromatic heterocycles. The first-order chi connectivity index (χ1) is 6.35.